The van der Waals surface area contributed by atoms with Crippen LogP contribution in [0.1, 0.15) is 57.0 Å². The van der Waals surface area contributed by atoms with Gasteiger partial charge in [0.25, 0.3) is 5.89 Å². The van der Waals surface area contributed by atoms with Gasteiger partial charge in [-0.3, -0.25) is 9.59 Å². The first kappa shape index (κ1) is 17.9. The summed E-state index contributed by atoms with van der Waals surface area (Å²) in [4.78, 5) is 33.5. The zero-order valence-corrected chi connectivity index (χ0v) is 15.9. The largest absolute Gasteiger partial charge is 0.342 e. The summed E-state index contributed by atoms with van der Waals surface area (Å²) in [5.41, 5.74) is 1.31. The Labute approximate surface area is 158 Å². The molecule has 0 radical (unpaired) electrons. The first-order valence-corrected chi connectivity index (χ1v) is 9.83. The molecule has 0 aromatic carbocycles. The number of aromatic amines is 1. The van der Waals surface area contributed by atoms with Gasteiger partial charge in [0.05, 0.1) is 0 Å². The van der Waals surface area contributed by atoms with E-state index >= 15 is 0 Å². The Balaban J connectivity index is 1.49. The minimum absolute atomic E-state index is 0.0350. The number of H-pyrrole nitrogens is 1. The molecular formula is C20H26N4O3. The average molecular weight is 370 g/mol. The van der Waals surface area contributed by atoms with Crippen molar-refractivity contribution in [2.75, 3.05) is 13.1 Å². The van der Waals surface area contributed by atoms with E-state index in [1.54, 1.807) is 0 Å². The highest BCUT2D eigenvalue weighted by molar-refractivity contribution is 5.79. The van der Waals surface area contributed by atoms with Crippen molar-refractivity contribution in [1.29, 1.82) is 0 Å². The topological polar surface area (TPSA) is 92.1 Å². The fourth-order valence-corrected chi connectivity index (χ4v) is 3.90. The molecule has 2 fully saturated rings. The van der Waals surface area contributed by atoms with Gasteiger partial charge < -0.3 is 14.4 Å². The van der Waals surface area contributed by atoms with Gasteiger partial charge in [0.2, 0.25) is 11.5 Å². The third-order valence-electron chi connectivity index (χ3n) is 5.50. The molecule has 1 unspecified atom stereocenters. The lowest BCUT2D eigenvalue weighted by atomic mass is 9.85. The summed E-state index contributed by atoms with van der Waals surface area (Å²) in [7, 11) is 0. The van der Waals surface area contributed by atoms with Crippen molar-refractivity contribution in [3.8, 4) is 11.5 Å². The van der Waals surface area contributed by atoms with Gasteiger partial charge >= 0.3 is 0 Å². The quantitative estimate of drug-likeness (QED) is 0.844. The van der Waals surface area contributed by atoms with E-state index in [0.29, 0.717) is 42.1 Å². The lowest BCUT2D eigenvalue weighted by Gasteiger charge is -2.30. The van der Waals surface area contributed by atoms with E-state index in [9.17, 15) is 9.59 Å². The van der Waals surface area contributed by atoms with Crippen molar-refractivity contribution in [3.63, 3.8) is 0 Å². The minimum Gasteiger partial charge on any atom is -0.342 e. The van der Waals surface area contributed by atoms with Crippen molar-refractivity contribution < 1.29 is 9.32 Å². The monoisotopic (exact) mass is 370 g/mol. The molecule has 0 spiro atoms. The van der Waals surface area contributed by atoms with Crippen LogP contribution in [0.2, 0.25) is 0 Å². The molecule has 3 heterocycles. The van der Waals surface area contributed by atoms with Gasteiger partial charge in [-0.25, -0.2) is 0 Å². The second kappa shape index (κ2) is 7.29. The number of likely N-dealkylation sites (tertiary alicyclic amines) is 1. The van der Waals surface area contributed by atoms with E-state index in [1.165, 1.54) is 25.3 Å². The van der Waals surface area contributed by atoms with Gasteiger partial charge in [-0.15, -0.1) is 0 Å². The Morgan fingerprint density at radius 3 is 2.81 bits per heavy atom. The Morgan fingerprint density at radius 2 is 2.11 bits per heavy atom. The lowest BCUT2D eigenvalue weighted by Crippen LogP contribution is -2.33. The average Bonchev–Trinajstić information content (AvgIpc) is 3.16. The molecule has 7 heteroatoms. The number of amides is 1. The molecule has 2 aliphatic rings. The van der Waals surface area contributed by atoms with Gasteiger partial charge in [-0.2, -0.15) is 4.98 Å². The Hall–Kier alpha value is -2.44. The van der Waals surface area contributed by atoms with Crippen molar-refractivity contribution >= 4 is 5.91 Å². The van der Waals surface area contributed by atoms with Gasteiger partial charge in [0.15, 0.2) is 5.82 Å². The molecular weight excluding hydrogens is 344 g/mol. The van der Waals surface area contributed by atoms with E-state index in [0.717, 1.165) is 18.7 Å². The molecule has 1 amide bonds. The number of nitrogens with one attached hydrogen (secondary N) is 1. The van der Waals surface area contributed by atoms with E-state index in [2.05, 4.69) is 29.0 Å². The maximum Gasteiger partial charge on any atom is 0.258 e. The summed E-state index contributed by atoms with van der Waals surface area (Å²) in [5, 5.41) is 4.10. The fourth-order valence-electron chi connectivity index (χ4n) is 3.90. The van der Waals surface area contributed by atoms with Gasteiger partial charge in [-0.1, -0.05) is 25.4 Å². The highest BCUT2D eigenvalue weighted by Gasteiger charge is 2.35. The number of pyridine rings is 1. The molecule has 0 bridgehead atoms. The molecule has 4 rings (SSSR count). The number of carbonyl (C=O) groups excluding carboxylic acids is 1. The summed E-state index contributed by atoms with van der Waals surface area (Å²) in [6.07, 6.45) is 4.93. The number of aromatic nitrogens is 3. The van der Waals surface area contributed by atoms with Crippen LogP contribution < -0.4 is 5.56 Å². The second-order valence-corrected chi connectivity index (χ2v) is 8.31. The Morgan fingerprint density at radius 1 is 1.30 bits per heavy atom. The molecule has 7 nitrogen and oxygen atoms in total. The van der Waals surface area contributed by atoms with Crippen LogP contribution in [-0.2, 0) is 11.2 Å². The first-order valence-electron chi connectivity index (χ1n) is 9.83. The second-order valence-electron chi connectivity index (χ2n) is 8.31. The molecule has 144 valence electrons. The van der Waals surface area contributed by atoms with Crippen LogP contribution in [0, 0.1) is 11.8 Å². The van der Waals surface area contributed by atoms with Gasteiger partial charge in [-0.05, 0) is 37.2 Å². The van der Waals surface area contributed by atoms with E-state index in [4.69, 9.17) is 4.52 Å². The Kier molecular flexibility index (Phi) is 4.85. The highest BCUT2D eigenvalue weighted by Crippen LogP contribution is 2.32. The number of rotatable bonds is 6. The molecule has 1 atom stereocenters. The molecule has 2 aromatic rings. The maximum atomic E-state index is 12.3. The molecule has 1 saturated heterocycles. The smallest absolute Gasteiger partial charge is 0.258 e. The minimum atomic E-state index is -0.175. The van der Waals surface area contributed by atoms with Gasteiger partial charge in [0, 0.05) is 42.8 Å². The summed E-state index contributed by atoms with van der Waals surface area (Å²) in [5.74, 6) is 2.12. The maximum absolute atomic E-state index is 12.3. The van der Waals surface area contributed by atoms with E-state index in [1.807, 2.05) is 11.0 Å². The molecule has 27 heavy (non-hydrogen) atoms. The number of hydrogen-bond donors (Lipinski definition) is 1. The summed E-state index contributed by atoms with van der Waals surface area (Å²) < 4.78 is 5.42. The number of carbonyl (C=O) groups is 1. The third kappa shape index (κ3) is 3.96. The number of hydrogen-bond acceptors (Lipinski definition) is 5. The van der Waals surface area contributed by atoms with Crippen LogP contribution in [0.25, 0.3) is 11.5 Å². The predicted octanol–water partition coefficient (Wildman–Crippen LogP) is 2.74. The van der Waals surface area contributed by atoms with Crippen LogP contribution in [0.4, 0.5) is 0 Å². The predicted molar refractivity (Wildman–Crippen MR) is 100 cm³/mol. The van der Waals surface area contributed by atoms with Crippen LogP contribution in [0.3, 0.4) is 0 Å². The Bertz CT molecular complexity index is 881. The number of nitrogens with zero attached hydrogens (tertiary/aromatic N) is 3. The highest BCUT2D eigenvalue weighted by atomic mass is 16.5. The molecule has 2 aromatic heterocycles. The third-order valence-corrected chi connectivity index (χ3v) is 5.50. The zero-order chi connectivity index (χ0) is 19.0. The van der Waals surface area contributed by atoms with E-state index in [-0.39, 0.29) is 17.4 Å². The summed E-state index contributed by atoms with van der Waals surface area (Å²) >= 11 is 0. The van der Waals surface area contributed by atoms with Crippen molar-refractivity contribution in [2.24, 2.45) is 11.8 Å². The van der Waals surface area contributed by atoms with Crippen molar-refractivity contribution in [3.05, 3.63) is 34.0 Å². The molecule has 1 N–H and O–H groups in total. The summed E-state index contributed by atoms with van der Waals surface area (Å²) in [6, 6.07) is 3.37. The zero-order valence-electron chi connectivity index (χ0n) is 15.9. The normalized spacial score (nSPS) is 20.5. The van der Waals surface area contributed by atoms with Gasteiger partial charge in [0.1, 0.15) is 0 Å². The van der Waals surface area contributed by atoms with Crippen LogP contribution in [-0.4, -0.2) is 39.0 Å². The first-order chi connectivity index (χ1) is 13.0. The molecule has 1 aliphatic carbocycles. The van der Waals surface area contributed by atoms with Crippen LogP contribution in [0.5, 0.6) is 0 Å². The molecule has 1 aliphatic heterocycles. The molecule has 1 saturated carbocycles. The van der Waals surface area contributed by atoms with E-state index < -0.39 is 0 Å². The fraction of sp³-hybridized carbons (Fsp3) is 0.600. The lowest BCUT2D eigenvalue weighted by molar-refractivity contribution is -0.128. The van der Waals surface area contributed by atoms with Crippen molar-refractivity contribution in [2.45, 2.75) is 51.9 Å². The standard InChI is InChI=1S/C20H26N4O3/c1-12(2)6-16-7-14(8-17(25)21-16)20-22-19(23-27-20)15-9-18(26)24(11-15)10-13-4-3-5-13/h7-8,12-13,15H,3-6,9-11H2,1-2H3,(H,21,25). The summed E-state index contributed by atoms with van der Waals surface area (Å²) in [6.45, 7) is 5.71. The van der Waals surface area contributed by atoms with Crippen molar-refractivity contribution in [1.82, 2.24) is 20.0 Å². The van der Waals surface area contributed by atoms with Crippen LogP contribution >= 0.6 is 0 Å². The SMILES string of the molecule is CC(C)Cc1cc(-c2nc(C3CC(=O)N(CC4CCC4)C3)no2)cc(=O)[nH]1. The van der Waals surface area contributed by atoms with Crippen LogP contribution in [0.15, 0.2) is 21.5 Å².